The summed E-state index contributed by atoms with van der Waals surface area (Å²) in [6.45, 7) is 3.00. The molecule has 0 amide bonds. The molecule has 1 aliphatic heterocycles. The van der Waals surface area contributed by atoms with Crippen LogP contribution in [0.1, 0.15) is 18.9 Å². The zero-order chi connectivity index (χ0) is 15.1. The minimum atomic E-state index is -0.248. The quantitative estimate of drug-likeness (QED) is 0.439. The van der Waals surface area contributed by atoms with Crippen LogP contribution in [0.2, 0.25) is 0 Å². The summed E-state index contributed by atoms with van der Waals surface area (Å²) in [6, 6.07) is 7.79. The third kappa shape index (κ3) is 4.76. The summed E-state index contributed by atoms with van der Waals surface area (Å²) < 4.78 is 15.8. The molecule has 4 heteroatoms. The fourth-order valence-corrected chi connectivity index (χ4v) is 2.03. The summed E-state index contributed by atoms with van der Waals surface area (Å²) in [4.78, 5) is 11.0. The van der Waals surface area contributed by atoms with Crippen molar-refractivity contribution in [2.75, 3.05) is 13.7 Å². The number of cyclic esters (lactones) is 1. The number of methoxy groups -OCH3 is 1. The normalized spacial score (nSPS) is 17.9. The van der Waals surface area contributed by atoms with Gasteiger partial charge in [0.25, 0.3) is 0 Å². The van der Waals surface area contributed by atoms with Crippen LogP contribution in [0, 0.1) is 0 Å². The van der Waals surface area contributed by atoms with Crippen LogP contribution >= 0.6 is 0 Å². The zero-order valence-corrected chi connectivity index (χ0v) is 12.4. The zero-order valence-electron chi connectivity index (χ0n) is 12.4. The molecular weight excluding hydrogens is 268 g/mol. The Morgan fingerprint density at radius 3 is 2.62 bits per heavy atom. The van der Waals surface area contributed by atoms with Gasteiger partial charge in [0.1, 0.15) is 11.9 Å². The van der Waals surface area contributed by atoms with Gasteiger partial charge in [-0.25, -0.2) is 4.79 Å². The molecule has 0 bridgehead atoms. The molecule has 1 aromatic rings. The third-order valence-corrected chi connectivity index (χ3v) is 3.27. The molecule has 1 heterocycles. The topological polar surface area (TPSA) is 44.8 Å². The molecule has 0 saturated carbocycles. The van der Waals surface area contributed by atoms with Crippen LogP contribution in [0.25, 0.3) is 0 Å². The van der Waals surface area contributed by atoms with Gasteiger partial charge in [-0.1, -0.05) is 24.3 Å². The molecule has 0 aromatic heterocycles. The van der Waals surface area contributed by atoms with Crippen molar-refractivity contribution in [1.82, 2.24) is 0 Å². The maximum Gasteiger partial charge on any atom is 0.331 e. The van der Waals surface area contributed by atoms with Crippen LogP contribution in [0.15, 0.2) is 48.1 Å². The number of ether oxygens (including phenoxy) is 3. The van der Waals surface area contributed by atoms with E-state index in [-0.39, 0.29) is 12.1 Å². The van der Waals surface area contributed by atoms with Gasteiger partial charge in [-0.15, -0.1) is 0 Å². The Morgan fingerprint density at radius 2 is 2.00 bits per heavy atom. The lowest BCUT2D eigenvalue weighted by molar-refractivity contribution is -0.138. The Morgan fingerprint density at radius 1 is 1.24 bits per heavy atom. The summed E-state index contributed by atoms with van der Waals surface area (Å²) in [5.41, 5.74) is 2.08. The van der Waals surface area contributed by atoms with Crippen molar-refractivity contribution < 1.29 is 19.0 Å². The SMILES string of the molecule is COc1ccc(COC/C=C\C[C@H]2OC(=O)C=C2C)cc1. The first-order valence-corrected chi connectivity index (χ1v) is 6.93. The number of rotatable bonds is 7. The lowest BCUT2D eigenvalue weighted by Gasteiger charge is -2.08. The second kappa shape index (κ2) is 7.64. The average Bonchev–Trinajstić information content (AvgIpc) is 2.81. The predicted octanol–water partition coefficient (Wildman–Crippen LogP) is 3.03. The van der Waals surface area contributed by atoms with Crippen molar-refractivity contribution in [3.63, 3.8) is 0 Å². The molecule has 0 radical (unpaired) electrons. The van der Waals surface area contributed by atoms with Gasteiger partial charge in [-0.3, -0.25) is 0 Å². The van der Waals surface area contributed by atoms with Crippen molar-refractivity contribution in [3.8, 4) is 5.75 Å². The van der Waals surface area contributed by atoms with E-state index in [0.29, 0.717) is 19.6 Å². The Bertz CT molecular complexity index is 528. The highest BCUT2D eigenvalue weighted by Crippen LogP contribution is 2.18. The predicted molar refractivity (Wildman–Crippen MR) is 80.0 cm³/mol. The monoisotopic (exact) mass is 288 g/mol. The number of benzene rings is 1. The Labute approximate surface area is 125 Å². The second-order valence-corrected chi connectivity index (χ2v) is 4.88. The van der Waals surface area contributed by atoms with E-state index in [9.17, 15) is 4.79 Å². The first kappa shape index (κ1) is 15.3. The molecule has 0 saturated heterocycles. The number of carbonyl (C=O) groups is 1. The first-order chi connectivity index (χ1) is 10.2. The largest absolute Gasteiger partial charge is 0.497 e. The van der Waals surface area contributed by atoms with Crippen molar-refractivity contribution in [3.05, 3.63) is 53.6 Å². The highest BCUT2D eigenvalue weighted by molar-refractivity contribution is 5.85. The van der Waals surface area contributed by atoms with E-state index in [0.717, 1.165) is 16.9 Å². The van der Waals surface area contributed by atoms with Crippen LogP contribution in [0.5, 0.6) is 5.75 Å². The van der Waals surface area contributed by atoms with Gasteiger partial charge in [0.2, 0.25) is 0 Å². The fraction of sp³-hybridized carbons (Fsp3) is 0.353. The smallest absolute Gasteiger partial charge is 0.331 e. The summed E-state index contributed by atoms with van der Waals surface area (Å²) in [6.07, 6.45) is 6.05. The van der Waals surface area contributed by atoms with E-state index in [1.165, 1.54) is 0 Å². The van der Waals surface area contributed by atoms with E-state index >= 15 is 0 Å². The van der Waals surface area contributed by atoms with E-state index < -0.39 is 0 Å². The van der Waals surface area contributed by atoms with Crippen molar-refractivity contribution in [1.29, 1.82) is 0 Å². The van der Waals surface area contributed by atoms with E-state index in [4.69, 9.17) is 14.2 Å². The lowest BCUT2D eigenvalue weighted by atomic mass is 10.1. The molecule has 1 aromatic carbocycles. The fourth-order valence-electron chi connectivity index (χ4n) is 2.03. The summed E-state index contributed by atoms with van der Waals surface area (Å²) in [5, 5.41) is 0. The molecule has 0 spiro atoms. The molecule has 2 rings (SSSR count). The van der Waals surface area contributed by atoms with E-state index in [1.807, 2.05) is 43.3 Å². The molecule has 0 unspecified atom stereocenters. The van der Waals surface area contributed by atoms with Crippen molar-refractivity contribution >= 4 is 5.97 Å². The van der Waals surface area contributed by atoms with Crippen LogP contribution in [0.4, 0.5) is 0 Å². The Hall–Kier alpha value is -2.07. The van der Waals surface area contributed by atoms with Crippen LogP contribution < -0.4 is 4.74 Å². The number of esters is 1. The summed E-state index contributed by atoms with van der Waals surface area (Å²) in [5.74, 6) is 0.592. The minimum Gasteiger partial charge on any atom is -0.497 e. The standard InChI is InChI=1S/C17H20O4/c1-13-11-17(18)21-16(13)5-3-4-10-20-12-14-6-8-15(19-2)9-7-14/h3-4,6-9,11,16H,5,10,12H2,1-2H3/b4-3-/t16-/m1/s1. The molecule has 112 valence electrons. The first-order valence-electron chi connectivity index (χ1n) is 6.93. The van der Waals surface area contributed by atoms with Gasteiger partial charge in [0.05, 0.1) is 20.3 Å². The molecule has 0 fully saturated rings. The molecule has 4 nitrogen and oxygen atoms in total. The molecule has 1 atom stereocenters. The molecule has 0 aliphatic carbocycles. The molecular formula is C17H20O4. The van der Waals surface area contributed by atoms with Gasteiger partial charge >= 0.3 is 5.97 Å². The van der Waals surface area contributed by atoms with Crippen LogP contribution in [-0.2, 0) is 20.9 Å². The number of carbonyl (C=O) groups excluding carboxylic acids is 1. The third-order valence-electron chi connectivity index (χ3n) is 3.27. The number of hydrogen-bond acceptors (Lipinski definition) is 4. The maximum absolute atomic E-state index is 11.0. The van der Waals surface area contributed by atoms with E-state index in [1.54, 1.807) is 13.2 Å². The number of hydrogen-bond donors (Lipinski definition) is 0. The average molecular weight is 288 g/mol. The minimum absolute atomic E-state index is 0.115. The van der Waals surface area contributed by atoms with Gasteiger partial charge in [0, 0.05) is 12.5 Å². The van der Waals surface area contributed by atoms with E-state index in [2.05, 4.69) is 0 Å². The van der Waals surface area contributed by atoms with Gasteiger partial charge in [-0.2, -0.15) is 0 Å². The Kier molecular flexibility index (Phi) is 5.58. The van der Waals surface area contributed by atoms with Crippen LogP contribution in [-0.4, -0.2) is 25.8 Å². The molecule has 1 aliphatic rings. The Balaban J connectivity index is 1.64. The van der Waals surface area contributed by atoms with Gasteiger partial charge in [-0.05, 0) is 30.2 Å². The van der Waals surface area contributed by atoms with Gasteiger partial charge in [0.15, 0.2) is 0 Å². The second-order valence-electron chi connectivity index (χ2n) is 4.88. The highest BCUT2D eigenvalue weighted by Gasteiger charge is 2.20. The van der Waals surface area contributed by atoms with Crippen molar-refractivity contribution in [2.24, 2.45) is 0 Å². The van der Waals surface area contributed by atoms with Gasteiger partial charge < -0.3 is 14.2 Å². The highest BCUT2D eigenvalue weighted by atomic mass is 16.5. The molecule has 21 heavy (non-hydrogen) atoms. The summed E-state index contributed by atoms with van der Waals surface area (Å²) in [7, 11) is 1.65. The lowest BCUT2D eigenvalue weighted by Crippen LogP contribution is -2.09. The maximum atomic E-state index is 11.0. The van der Waals surface area contributed by atoms with Crippen molar-refractivity contribution in [2.45, 2.75) is 26.1 Å². The van der Waals surface area contributed by atoms with Crippen LogP contribution in [0.3, 0.4) is 0 Å². The molecule has 0 N–H and O–H groups in total. The summed E-state index contributed by atoms with van der Waals surface area (Å²) >= 11 is 0.